The fourth-order valence-corrected chi connectivity index (χ4v) is 4.91. The van der Waals surface area contributed by atoms with E-state index < -0.39 is 35.9 Å². The molecular weight excluding hydrogens is 557 g/mol. The van der Waals surface area contributed by atoms with Crippen molar-refractivity contribution in [2.45, 2.75) is 64.5 Å². The number of amides is 3. The average molecular weight is 600 g/mol. The van der Waals surface area contributed by atoms with Gasteiger partial charge in [0.1, 0.15) is 11.4 Å². The summed E-state index contributed by atoms with van der Waals surface area (Å²) in [7, 11) is 1.53. The number of hydrogen-bond donors (Lipinski definition) is 2. The minimum Gasteiger partial charge on any atom is -0.482 e. The molecule has 1 saturated heterocycles. The van der Waals surface area contributed by atoms with E-state index in [-0.39, 0.29) is 43.1 Å². The van der Waals surface area contributed by atoms with Crippen molar-refractivity contribution in [1.29, 1.82) is 0 Å². The maximum Gasteiger partial charge on any atom is 0.412 e. The van der Waals surface area contributed by atoms with Crippen LogP contribution in [0.25, 0.3) is 0 Å². The Hall–Kier alpha value is -3.77. The third-order valence-electron chi connectivity index (χ3n) is 7.34. The minimum absolute atomic E-state index is 0.0523. The minimum atomic E-state index is -1.58. The molecule has 1 aliphatic heterocycles. The molecule has 11 nitrogen and oxygen atoms in total. The van der Waals surface area contributed by atoms with Gasteiger partial charge >= 0.3 is 6.09 Å². The Bertz CT molecular complexity index is 1310. The number of rotatable bonds is 11. The van der Waals surface area contributed by atoms with Gasteiger partial charge in [-0.25, -0.2) is 9.18 Å². The molecule has 3 amide bonds. The highest BCUT2D eigenvalue weighted by atomic mass is 19.1. The van der Waals surface area contributed by atoms with Crippen molar-refractivity contribution in [2.24, 2.45) is 5.73 Å². The van der Waals surface area contributed by atoms with Crippen LogP contribution in [0.4, 0.5) is 9.18 Å². The van der Waals surface area contributed by atoms with Gasteiger partial charge in [-0.15, -0.1) is 0 Å². The van der Waals surface area contributed by atoms with E-state index >= 15 is 4.39 Å². The van der Waals surface area contributed by atoms with Crippen molar-refractivity contribution in [3.63, 3.8) is 0 Å². The smallest absolute Gasteiger partial charge is 0.412 e. The molecule has 1 aromatic carbocycles. The molecule has 1 aliphatic carbocycles. The van der Waals surface area contributed by atoms with E-state index in [2.05, 4.69) is 10.3 Å². The van der Waals surface area contributed by atoms with Crippen LogP contribution in [-0.4, -0.2) is 91.0 Å². The van der Waals surface area contributed by atoms with Crippen LogP contribution in [0.15, 0.2) is 30.5 Å². The zero-order valence-corrected chi connectivity index (χ0v) is 25.5. The number of carbonyl (C=O) groups excluding carboxylic acids is 3. The Morgan fingerprint density at radius 3 is 2.49 bits per heavy atom. The Morgan fingerprint density at radius 2 is 1.91 bits per heavy atom. The standard InChI is InChI=1S/C31H42FN5O6/c1-19-14-25(23(15-22(19)28(33)38)29(39)34-10-13-41-5)42-26(24-9-8-21(16-35-24)20-6-7-20)17-36-11-12-37(27(32)18-36)30(40)43-31(2,3)4/h8-9,14-16,20,26-27H,6-7,10-13,17-18H2,1-5H3,(H2,33,38)(H,34,39)/t26-,27+/m1/s1. The Labute approximate surface area is 251 Å². The summed E-state index contributed by atoms with van der Waals surface area (Å²) in [6.07, 6.45) is 1.13. The van der Waals surface area contributed by atoms with Crippen molar-refractivity contribution in [2.75, 3.05) is 46.4 Å². The molecule has 2 aliphatic rings. The monoisotopic (exact) mass is 599 g/mol. The van der Waals surface area contributed by atoms with Gasteiger partial charge in [-0.1, -0.05) is 6.07 Å². The van der Waals surface area contributed by atoms with Gasteiger partial charge in [0.05, 0.1) is 17.9 Å². The number of aromatic nitrogens is 1. The van der Waals surface area contributed by atoms with Crippen LogP contribution in [0.1, 0.15) is 83.2 Å². The number of piperazine rings is 1. The topological polar surface area (TPSA) is 136 Å². The maximum atomic E-state index is 15.3. The predicted octanol–water partition coefficient (Wildman–Crippen LogP) is 3.71. The summed E-state index contributed by atoms with van der Waals surface area (Å²) < 4.78 is 32.2. The Balaban J connectivity index is 1.60. The molecule has 2 fully saturated rings. The van der Waals surface area contributed by atoms with Crippen molar-refractivity contribution < 1.29 is 33.0 Å². The number of nitrogens with two attached hydrogens (primary N) is 1. The van der Waals surface area contributed by atoms with Crippen molar-refractivity contribution >= 4 is 17.9 Å². The van der Waals surface area contributed by atoms with Gasteiger partial charge in [-0.2, -0.15) is 0 Å². The van der Waals surface area contributed by atoms with Crippen molar-refractivity contribution in [3.8, 4) is 5.75 Å². The molecular formula is C31H42FN5O6. The van der Waals surface area contributed by atoms with Gasteiger partial charge in [0.2, 0.25) is 5.91 Å². The number of carbonyl (C=O) groups is 3. The van der Waals surface area contributed by atoms with Gasteiger partial charge in [0.15, 0.2) is 12.4 Å². The third-order valence-corrected chi connectivity index (χ3v) is 7.34. The molecule has 234 valence electrons. The number of aryl methyl sites for hydroxylation is 1. The number of pyridine rings is 1. The van der Waals surface area contributed by atoms with E-state index in [0.717, 1.165) is 23.3 Å². The molecule has 2 atom stereocenters. The average Bonchev–Trinajstić information content (AvgIpc) is 3.77. The number of hydrogen-bond acceptors (Lipinski definition) is 8. The van der Waals surface area contributed by atoms with E-state index in [0.29, 0.717) is 30.3 Å². The number of methoxy groups -OCH3 is 1. The number of benzene rings is 1. The molecule has 2 aromatic rings. The lowest BCUT2D eigenvalue weighted by Crippen LogP contribution is -2.55. The van der Waals surface area contributed by atoms with Gasteiger partial charge in [0.25, 0.3) is 5.91 Å². The van der Waals surface area contributed by atoms with Crippen LogP contribution in [0.3, 0.4) is 0 Å². The summed E-state index contributed by atoms with van der Waals surface area (Å²) in [5.41, 5.74) is 7.47. The van der Waals surface area contributed by atoms with E-state index in [1.54, 1.807) is 33.8 Å². The quantitative estimate of drug-likeness (QED) is 0.295. The van der Waals surface area contributed by atoms with E-state index in [9.17, 15) is 14.4 Å². The first-order valence-electron chi connectivity index (χ1n) is 14.6. The van der Waals surface area contributed by atoms with E-state index in [4.69, 9.17) is 19.9 Å². The van der Waals surface area contributed by atoms with Crippen LogP contribution < -0.4 is 15.8 Å². The lowest BCUT2D eigenvalue weighted by atomic mass is 10.0. The summed E-state index contributed by atoms with van der Waals surface area (Å²) >= 11 is 0. The Kier molecular flexibility index (Phi) is 10.2. The third kappa shape index (κ3) is 8.64. The first-order valence-corrected chi connectivity index (χ1v) is 14.6. The van der Waals surface area contributed by atoms with Gasteiger partial charge in [-0.3, -0.25) is 24.4 Å². The zero-order chi connectivity index (χ0) is 31.3. The molecule has 1 saturated carbocycles. The summed E-state index contributed by atoms with van der Waals surface area (Å²) in [5.74, 6) is -0.374. The number of nitrogens with one attached hydrogen (secondary N) is 1. The molecule has 12 heteroatoms. The van der Waals surface area contributed by atoms with Crippen molar-refractivity contribution in [3.05, 3.63) is 58.4 Å². The molecule has 0 spiro atoms. The molecule has 4 rings (SSSR count). The molecule has 0 bridgehead atoms. The molecule has 0 radical (unpaired) electrons. The highest BCUT2D eigenvalue weighted by Crippen LogP contribution is 2.40. The number of ether oxygens (including phenoxy) is 3. The van der Waals surface area contributed by atoms with Crippen LogP contribution in [0, 0.1) is 6.92 Å². The molecule has 2 heterocycles. The van der Waals surface area contributed by atoms with Crippen molar-refractivity contribution in [1.82, 2.24) is 20.1 Å². The first-order chi connectivity index (χ1) is 20.4. The van der Waals surface area contributed by atoms with E-state index in [1.165, 1.54) is 13.2 Å². The lowest BCUT2D eigenvalue weighted by Gasteiger charge is -2.39. The summed E-state index contributed by atoms with van der Waals surface area (Å²) in [4.78, 5) is 45.4. The summed E-state index contributed by atoms with van der Waals surface area (Å²) in [6.45, 7) is 8.17. The molecule has 0 unspecified atom stereocenters. The molecule has 43 heavy (non-hydrogen) atoms. The summed E-state index contributed by atoms with van der Waals surface area (Å²) in [5, 5.41) is 2.76. The SMILES string of the molecule is COCCNC(=O)c1cc(C(N)=O)c(C)cc1O[C@H](CN1CCN(C(=O)OC(C)(C)C)[C@H](F)C1)c1ccc(C2CC2)cn1. The predicted molar refractivity (Wildman–Crippen MR) is 158 cm³/mol. The van der Waals surface area contributed by atoms with Crippen LogP contribution in [0.2, 0.25) is 0 Å². The summed E-state index contributed by atoms with van der Waals surface area (Å²) in [6, 6.07) is 6.95. The first kappa shape index (κ1) is 32.2. The van der Waals surface area contributed by atoms with E-state index in [1.807, 2.05) is 23.2 Å². The fraction of sp³-hybridized carbons (Fsp3) is 0.548. The van der Waals surface area contributed by atoms with Gasteiger partial charge < -0.3 is 25.3 Å². The number of alkyl halides is 1. The van der Waals surface area contributed by atoms with Crippen LogP contribution in [-0.2, 0) is 9.47 Å². The molecule has 3 N–H and O–H groups in total. The highest BCUT2D eigenvalue weighted by molar-refractivity contribution is 6.02. The lowest BCUT2D eigenvalue weighted by molar-refractivity contribution is -0.0369. The van der Waals surface area contributed by atoms with Crippen LogP contribution in [0.5, 0.6) is 5.75 Å². The highest BCUT2D eigenvalue weighted by Gasteiger charge is 2.35. The number of halogens is 1. The van der Waals surface area contributed by atoms with Gasteiger partial charge in [0, 0.05) is 51.6 Å². The van der Waals surface area contributed by atoms with Crippen LogP contribution >= 0.6 is 0 Å². The number of nitrogens with zero attached hydrogens (tertiary/aromatic N) is 3. The Morgan fingerprint density at radius 1 is 1.16 bits per heavy atom. The number of primary amides is 1. The second-order valence-electron chi connectivity index (χ2n) is 12.0. The zero-order valence-electron chi connectivity index (χ0n) is 25.5. The second kappa shape index (κ2) is 13.7. The maximum absolute atomic E-state index is 15.3. The molecule has 1 aromatic heterocycles. The van der Waals surface area contributed by atoms with Gasteiger partial charge in [-0.05, 0) is 75.8 Å². The normalized spacial score (nSPS) is 18.2. The largest absolute Gasteiger partial charge is 0.482 e. The second-order valence-corrected chi connectivity index (χ2v) is 12.0. The fourth-order valence-electron chi connectivity index (χ4n) is 4.91.